The van der Waals surface area contributed by atoms with Gasteiger partial charge in [0, 0.05) is 6.54 Å². The summed E-state index contributed by atoms with van der Waals surface area (Å²) in [6, 6.07) is 2.30. The number of nitrogens with one attached hydrogen (secondary N) is 1. The van der Waals surface area contributed by atoms with Crippen LogP contribution in [0.2, 0.25) is 0 Å². The van der Waals surface area contributed by atoms with Crippen LogP contribution in [0.5, 0.6) is 0 Å². The van der Waals surface area contributed by atoms with Crippen molar-refractivity contribution in [3.8, 4) is 6.07 Å². The predicted molar refractivity (Wildman–Crippen MR) is 66.1 cm³/mol. The fraction of sp³-hybridized carbons (Fsp3) is 0.857. The van der Waals surface area contributed by atoms with Crippen molar-refractivity contribution >= 4 is 5.91 Å². The highest BCUT2D eigenvalue weighted by atomic mass is 16.2. The monoisotopic (exact) mass is 234 g/mol. The molecule has 0 heterocycles. The maximum atomic E-state index is 12.2. The average Bonchev–Trinajstić information content (AvgIpc) is 3.10. The van der Waals surface area contributed by atoms with Gasteiger partial charge in [-0.3, -0.25) is 4.79 Å². The molecule has 3 nitrogen and oxygen atoms in total. The highest BCUT2D eigenvalue weighted by Gasteiger charge is 2.42. The van der Waals surface area contributed by atoms with Gasteiger partial charge in [0.1, 0.15) is 5.41 Å². The summed E-state index contributed by atoms with van der Waals surface area (Å²) in [6.07, 6.45) is 8.23. The van der Waals surface area contributed by atoms with E-state index in [-0.39, 0.29) is 5.91 Å². The molecule has 3 heteroatoms. The molecule has 94 valence electrons. The standard InChI is InChI=1S/C14H22N2O/c1-13(8-9-13)11-16-12(17)14(10-15)6-4-2-3-5-7-14/h2-9,11H2,1H3,(H,16,17). The van der Waals surface area contributed by atoms with Crippen molar-refractivity contribution in [3.63, 3.8) is 0 Å². The smallest absolute Gasteiger partial charge is 0.240 e. The fourth-order valence-corrected chi connectivity index (χ4v) is 2.57. The quantitative estimate of drug-likeness (QED) is 0.763. The molecule has 1 N–H and O–H groups in total. The molecule has 0 unspecified atom stereocenters. The van der Waals surface area contributed by atoms with Gasteiger partial charge in [-0.25, -0.2) is 0 Å². The number of carbonyl (C=O) groups is 1. The third kappa shape index (κ3) is 2.80. The van der Waals surface area contributed by atoms with Gasteiger partial charge in [0.2, 0.25) is 5.91 Å². The van der Waals surface area contributed by atoms with Crippen LogP contribution in [0.1, 0.15) is 58.3 Å². The van der Waals surface area contributed by atoms with Gasteiger partial charge in [0.25, 0.3) is 0 Å². The second-order valence-corrected chi connectivity index (χ2v) is 6.10. The van der Waals surface area contributed by atoms with Crippen LogP contribution in [0.3, 0.4) is 0 Å². The lowest BCUT2D eigenvalue weighted by molar-refractivity contribution is -0.129. The van der Waals surface area contributed by atoms with Gasteiger partial charge in [-0.2, -0.15) is 5.26 Å². The molecule has 0 radical (unpaired) electrons. The Labute approximate surface area is 104 Å². The average molecular weight is 234 g/mol. The number of rotatable bonds is 3. The molecular weight excluding hydrogens is 212 g/mol. The number of hydrogen-bond acceptors (Lipinski definition) is 2. The molecule has 2 saturated carbocycles. The lowest BCUT2D eigenvalue weighted by atomic mass is 9.81. The van der Waals surface area contributed by atoms with Crippen LogP contribution in [0.15, 0.2) is 0 Å². The molecule has 2 aliphatic rings. The van der Waals surface area contributed by atoms with Gasteiger partial charge in [0.15, 0.2) is 0 Å². The first-order valence-electron chi connectivity index (χ1n) is 6.80. The first-order chi connectivity index (χ1) is 8.10. The molecule has 2 rings (SSSR count). The van der Waals surface area contributed by atoms with Gasteiger partial charge in [-0.05, 0) is 31.1 Å². The minimum Gasteiger partial charge on any atom is -0.354 e. The van der Waals surface area contributed by atoms with Gasteiger partial charge in [-0.1, -0.05) is 32.6 Å². The number of hydrogen-bond donors (Lipinski definition) is 1. The summed E-state index contributed by atoms with van der Waals surface area (Å²) in [6.45, 7) is 2.94. The Balaban J connectivity index is 1.95. The minimum absolute atomic E-state index is 0.0185. The van der Waals surface area contributed by atoms with E-state index in [1.165, 1.54) is 12.8 Å². The van der Waals surface area contributed by atoms with Crippen molar-refractivity contribution < 1.29 is 4.79 Å². The molecule has 2 fully saturated rings. The zero-order valence-corrected chi connectivity index (χ0v) is 10.7. The molecule has 0 bridgehead atoms. The van der Waals surface area contributed by atoms with E-state index >= 15 is 0 Å². The molecule has 0 aromatic heterocycles. The molecule has 17 heavy (non-hydrogen) atoms. The molecule has 0 saturated heterocycles. The van der Waals surface area contributed by atoms with Crippen LogP contribution in [0.4, 0.5) is 0 Å². The number of nitriles is 1. The van der Waals surface area contributed by atoms with E-state index in [2.05, 4.69) is 18.3 Å². The zero-order valence-electron chi connectivity index (χ0n) is 10.7. The number of carbonyl (C=O) groups excluding carboxylic acids is 1. The second kappa shape index (κ2) is 4.68. The first kappa shape index (κ1) is 12.4. The van der Waals surface area contributed by atoms with Crippen LogP contribution in [0.25, 0.3) is 0 Å². The minimum atomic E-state index is -0.734. The third-order valence-corrected chi connectivity index (χ3v) is 4.39. The second-order valence-electron chi connectivity index (χ2n) is 6.10. The van der Waals surface area contributed by atoms with Crippen LogP contribution in [-0.4, -0.2) is 12.5 Å². The largest absolute Gasteiger partial charge is 0.354 e. The van der Waals surface area contributed by atoms with Crippen molar-refractivity contribution in [2.45, 2.75) is 58.3 Å². The Kier molecular flexibility index (Phi) is 3.42. The van der Waals surface area contributed by atoms with E-state index < -0.39 is 5.41 Å². The van der Waals surface area contributed by atoms with Crippen molar-refractivity contribution in [1.82, 2.24) is 5.32 Å². The van der Waals surface area contributed by atoms with E-state index in [1.54, 1.807) is 0 Å². The van der Waals surface area contributed by atoms with Gasteiger partial charge in [-0.15, -0.1) is 0 Å². The Morgan fingerprint density at radius 1 is 1.18 bits per heavy atom. The fourth-order valence-electron chi connectivity index (χ4n) is 2.57. The molecule has 1 amide bonds. The van der Waals surface area contributed by atoms with Crippen molar-refractivity contribution in [1.29, 1.82) is 5.26 Å². The number of nitrogens with zero attached hydrogens (tertiary/aromatic N) is 1. The van der Waals surface area contributed by atoms with Crippen LogP contribution >= 0.6 is 0 Å². The first-order valence-corrected chi connectivity index (χ1v) is 6.80. The molecule has 0 atom stereocenters. The highest BCUT2D eigenvalue weighted by Crippen LogP contribution is 2.44. The molecule has 0 spiro atoms. The SMILES string of the molecule is CC1(CNC(=O)C2(C#N)CCCCCC2)CC1. The Morgan fingerprint density at radius 3 is 2.24 bits per heavy atom. The maximum absolute atomic E-state index is 12.2. The third-order valence-electron chi connectivity index (χ3n) is 4.39. The Bertz CT molecular complexity index is 331. The molecule has 0 aliphatic heterocycles. The topological polar surface area (TPSA) is 52.9 Å². The van der Waals surface area contributed by atoms with Gasteiger partial charge in [0.05, 0.1) is 6.07 Å². The Morgan fingerprint density at radius 2 is 1.76 bits per heavy atom. The highest BCUT2D eigenvalue weighted by molar-refractivity contribution is 5.85. The molecule has 0 aromatic carbocycles. The molecule has 2 aliphatic carbocycles. The number of amides is 1. The maximum Gasteiger partial charge on any atom is 0.240 e. The molecular formula is C14H22N2O. The summed E-state index contributed by atoms with van der Waals surface area (Å²) in [7, 11) is 0. The lowest BCUT2D eigenvalue weighted by Crippen LogP contribution is -2.41. The van der Waals surface area contributed by atoms with Crippen molar-refractivity contribution in [2.75, 3.05) is 6.54 Å². The van der Waals surface area contributed by atoms with Gasteiger partial charge >= 0.3 is 0 Å². The summed E-state index contributed by atoms with van der Waals surface area (Å²) >= 11 is 0. The van der Waals surface area contributed by atoms with Crippen molar-refractivity contribution in [3.05, 3.63) is 0 Å². The molecule has 0 aromatic rings. The van der Waals surface area contributed by atoms with E-state index in [9.17, 15) is 10.1 Å². The summed E-state index contributed by atoms with van der Waals surface area (Å²) < 4.78 is 0. The normalized spacial score (nSPS) is 25.4. The van der Waals surface area contributed by atoms with E-state index in [0.29, 0.717) is 5.41 Å². The predicted octanol–water partition coefficient (Wildman–Crippen LogP) is 2.77. The van der Waals surface area contributed by atoms with Gasteiger partial charge < -0.3 is 5.32 Å². The van der Waals surface area contributed by atoms with Crippen LogP contribution in [-0.2, 0) is 4.79 Å². The van der Waals surface area contributed by atoms with E-state index in [1.807, 2.05) is 0 Å². The van der Waals surface area contributed by atoms with E-state index in [0.717, 1.165) is 45.1 Å². The summed E-state index contributed by atoms with van der Waals surface area (Å²) in [5.74, 6) is -0.0185. The zero-order chi connectivity index (χ0) is 12.4. The lowest BCUT2D eigenvalue weighted by Gasteiger charge is -2.24. The summed E-state index contributed by atoms with van der Waals surface area (Å²) in [5, 5.41) is 12.4. The summed E-state index contributed by atoms with van der Waals surface area (Å²) in [5.41, 5.74) is -0.418. The summed E-state index contributed by atoms with van der Waals surface area (Å²) in [4.78, 5) is 12.2. The Hall–Kier alpha value is -1.04. The van der Waals surface area contributed by atoms with E-state index in [4.69, 9.17) is 0 Å². The van der Waals surface area contributed by atoms with Crippen LogP contribution < -0.4 is 5.32 Å². The van der Waals surface area contributed by atoms with Crippen molar-refractivity contribution in [2.24, 2.45) is 10.8 Å². The van der Waals surface area contributed by atoms with Crippen LogP contribution in [0, 0.1) is 22.2 Å².